The van der Waals surface area contributed by atoms with Gasteiger partial charge >= 0.3 is 0 Å². The molecule has 3 aromatic rings. The van der Waals surface area contributed by atoms with Gasteiger partial charge in [-0.25, -0.2) is 4.39 Å². The number of fused-ring (bicyclic) bond motifs is 3. The third-order valence-electron chi connectivity index (χ3n) is 4.44. The van der Waals surface area contributed by atoms with Crippen LogP contribution >= 0.6 is 0 Å². The van der Waals surface area contributed by atoms with Gasteiger partial charge in [0.15, 0.2) is 0 Å². The summed E-state index contributed by atoms with van der Waals surface area (Å²) in [6.45, 7) is 1.88. The van der Waals surface area contributed by atoms with Gasteiger partial charge in [-0.05, 0) is 48.5 Å². The van der Waals surface area contributed by atoms with Gasteiger partial charge in [-0.2, -0.15) is 0 Å². The quantitative estimate of drug-likeness (QED) is 0.718. The molecule has 1 aliphatic rings. The van der Waals surface area contributed by atoms with Crippen molar-refractivity contribution in [1.82, 2.24) is 14.5 Å². The molecule has 4 heteroatoms. The topological polar surface area (TPSA) is 21.1 Å². The maximum atomic E-state index is 13.7. The number of rotatable bonds is 2. The van der Waals surface area contributed by atoms with Crippen LogP contribution in [-0.2, 0) is 13.0 Å². The largest absolute Gasteiger partial charge is 0.320 e. The van der Waals surface area contributed by atoms with Crippen molar-refractivity contribution in [3.05, 3.63) is 65.4 Å². The van der Waals surface area contributed by atoms with Gasteiger partial charge < -0.3 is 9.47 Å². The first-order valence-electron chi connectivity index (χ1n) is 7.80. The van der Waals surface area contributed by atoms with Crippen molar-refractivity contribution < 1.29 is 4.39 Å². The van der Waals surface area contributed by atoms with Crippen LogP contribution in [0.2, 0.25) is 0 Å². The number of hydrogen-bond acceptors (Lipinski definition) is 2. The Labute approximate surface area is 134 Å². The molecule has 116 valence electrons. The molecular weight excluding hydrogens is 289 g/mol. The fourth-order valence-electron chi connectivity index (χ4n) is 3.31. The van der Waals surface area contributed by atoms with Crippen molar-refractivity contribution in [2.75, 3.05) is 13.6 Å². The molecule has 0 N–H and O–H groups in total. The summed E-state index contributed by atoms with van der Waals surface area (Å²) in [4.78, 5) is 6.42. The van der Waals surface area contributed by atoms with Crippen LogP contribution in [0.4, 0.5) is 4.39 Å². The van der Waals surface area contributed by atoms with Crippen molar-refractivity contribution >= 4 is 23.2 Å². The monoisotopic (exact) mass is 307 g/mol. The highest BCUT2D eigenvalue weighted by molar-refractivity contribution is 5.88. The molecular formula is C19H18FN3. The van der Waals surface area contributed by atoms with E-state index in [1.807, 2.05) is 30.5 Å². The Morgan fingerprint density at radius 1 is 1.26 bits per heavy atom. The molecule has 3 nitrogen and oxygen atoms in total. The van der Waals surface area contributed by atoms with Gasteiger partial charge in [-0.15, -0.1) is 0 Å². The fourth-order valence-corrected chi connectivity index (χ4v) is 3.31. The van der Waals surface area contributed by atoms with E-state index < -0.39 is 0 Å². The number of aromatic nitrogens is 2. The first-order valence-corrected chi connectivity index (χ1v) is 7.80. The average Bonchev–Trinajstić information content (AvgIpc) is 2.86. The van der Waals surface area contributed by atoms with Crippen molar-refractivity contribution in [1.29, 1.82) is 0 Å². The maximum absolute atomic E-state index is 13.7. The van der Waals surface area contributed by atoms with Crippen LogP contribution in [0.1, 0.15) is 16.8 Å². The van der Waals surface area contributed by atoms with Crippen molar-refractivity contribution in [3.63, 3.8) is 0 Å². The number of nitrogens with zero attached hydrogens (tertiary/aromatic N) is 3. The summed E-state index contributed by atoms with van der Waals surface area (Å²) in [6, 6.07) is 9.01. The van der Waals surface area contributed by atoms with Gasteiger partial charge in [0.2, 0.25) is 0 Å². The lowest BCUT2D eigenvalue weighted by Crippen LogP contribution is -2.26. The van der Waals surface area contributed by atoms with Crippen LogP contribution in [-0.4, -0.2) is 28.0 Å². The summed E-state index contributed by atoms with van der Waals surface area (Å²) >= 11 is 0. The van der Waals surface area contributed by atoms with E-state index in [9.17, 15) is 4.39 Å². The smallest absolute Gasteiger partial charge is 0.123 e. The van der Waals surface area contributed by atoms with Gasteiger partial charge in [-0.3, -0.25) is 4.98 Å². The van der Waals surface area contributed by atoms with Gasteiger partial charge in [0.05, 0.1) is 5.52 Å². The third kappa shape index (κ3) is 2.55. The number of benzene rings is 1. The van der Waals surface area contributed by atoms with Gasteiger partial charge in [0.1, 0.15) is 5.82 Å². The molecule has 0 bridgehead atoms. The van der Waals surface area contributed by atoms with E-state index in [1.165, 1.54) is 17.3 Å². The molecule has 4 rings (SSSR count). The molecule has 0 amide bonds. The number of halogens is 1. The highest BCUT2D eigenvalue weighted by Gasteiger charge is 2.21. The normalized spacial score (nSPS) is 15.4. The zero-order valence-corrected chi connectivity index (χ0v) is 13.0. The van der Waals surface area contributed by atoms with Crippen LogP contribution in [0, 0.1) is 5.82 Å². The van der Waals surface area contributed by atoms with E-state index in [4.69, 9.17) is 0 Å². The maximum Gasteiger partial charge on any atom is 0.123 e. The van der Waals surface area contributed by atoms with Crippen LogP contribution in [0.25, 0.3) is 23.2 Å². The molecule has 0 fully saturated rings. The molecule has 23 heavy (non-hydrogen) atoms. The lowest BCUT2D eigenvalue weighted by atomic mass is 10.1. The minimum Gasteiger partial charge on any atom is -0.320 e. The second-order valence-corrected chi connectivity index (χ2v) is 6.05. The Morgan fingerprint density at radius 3 is 3.00 bits per heavy atom. The summed E-state index contributed by atoms with van der Waals surface area (Å²) in [7, 11) is 2.11. The number of pyridine rings is 1. The zero-order valence-electron chi connectivity index (χ0n) is 13.0. The molecule has 0 aliphatic carbocycles. The molecule has 1 aliphatic heterocycles. The predicted octanol–water partition coefficient (Wildman–Crippen LogP) is 3.79. The second kappa shape index (κ2) is 5.63. The van der Waals surface area contributed by atoms with E-state index >= 15 is 0 Å². The average molecular weight is 307 g/mol. The first kappa shape index (κ1) is 14.2. The summed E-state index contributed by atoms with van der Waals surface area (Å²) in [5.41, 5.74) is 4.64. The highest BCUT2D eigenvalue weighted by atomic mass is 19.1. The molecule has 0 radical (unpaired) electrons. The Balaban J connectivity index is 1.87. The molecule has 0 spiro atoms. The van der Waals surface area contributed by atoms with E-state index in [2.05, 4.69) is 27.7 Å². The Morgan fingerprint density at radius 2 is 2.17 bits per heavy atom. The van der Waals surface area contributed by atoms with E-state index in [1.54, 1.807) is 12.3 Å². The fraction of sp³-hybridized carbons (Fsp3) is 0.211. The molecule has 0 saturated carbocycles. The van der Waals surface area contributed by atoms with Crippen molar-refractivity contribution in [2.45, 2.75) is 13.0 Å². The minimum absolute atomic E-state index is 0.179. The van der Waals surface area contributed by atoms with E-state index in [-0.39, 0.29) is 5.82 Å². The van der Waals surface area contributed by atoms with Gasteiger partial charge in [-0.1, -0.05) is 6.07 Å². The van der Waals surface area contributed by atoms with Gasteiger partial charge in [0.25, 0.3) is 0 Å². The van der Waals surface area contributed by atoms with Crippen LogP contribution in [0.5, 0.6) is 0 Å². The van der Waals surface area contributed by atoms with Crippen LogP contribution in [0.3, 0.4) is 0 Å². The summed E-state index contributed by atoms with van der Waals surface area (Å²) in [5.74, 6) is -0.179. The van der Waals surface area contributed by atoms with E-state index in [0.29, 0.717) is 0 Å². The minimum atomic E-state index is -0.179. The summed E-state index contributed by atoms with van der Waals surface area (Å²) in [5, 5.41) is 1.02. The zero-order chi connectivity index (χ0) is 15.8. The lowest BCUT2D eigenvalue weighted by molar-refractivity contribution is 0.312. The molecule has 0 atom stereocenters. The Bertz CT molecular complexity index is 881. The molecule has 3 heterocycles. The molecule has 2 aromatic heterocycles. The second-order valence-electron chi connectivity index (χ2n) is 6.05. The van der Waals surface area contributed by atoms with Crippen LogP contribution in [0.15, 0.2) is 42.7 Å². The first-order chi connectivity index (χ1) is 11.2. The van der Waals surface area contributed by atoms with Crippen molar-refractivity contribution in [2.24, 2.45) is 0 Å². The van der Waals surface area contributed by atoms with E-state index in [0.717, 1.165) is 36.0 Å². The van der Waals surface area contributed by atoms with Crippen LogP contribution < -0.4 is 0 Å². The standard InChI is InChI=1S/C19H18FN3/c1-22-9-7-19-17(13-22)16-11-15(20)4-5-18(16)23(19)10-6-14-3-2-8-21-12-14/h2-6,8,10-12H,7,9,13H2,1H3. The van der Waals surface area contributed by atoms with Crippen molar-refractivity contribution in [3.8, 4) is 0 Å². The highest BCUT2D eigenvalue weighted by Crippen LogP contribution is 2.31. The summed E-state index contributed by atoms with van der Waals surface area (Å²) < 4.78 is 15.9. The number of hydrogen-bond donors (Lipinski definition) is 0. The lowest BCUT2D eigenvalue weighted by Gasteiger charge is -2.23. The summed E-state index contributed by atoms with van der Waals surface area (Å²) in [6.07, 6.45) is 8.69. The Hall–Kier alpha value is -2.46. The third-order valence-corrected chi connectivity index (χ3v) is 4.44. The molecule has 0 unspecified atom stereocenters. The molecule has 1 aromatic carbocycles. The predicted molar refractivity (Wildman–Crippen MR) is 91.4 cm³/mol. The molecule has 0 saturated heterocycles. The Kier molecular flexibility index (Phi) is 3.46. The van der Waals surface area contributed by atoms with Gasteiger partial charge in [0, 0.05) is 49.2 Å². The number of likely N-dealkylation sites (N-methyl/N-ethyl adjacent to an activating group) is 1. The SMILES string of the molecule is CN1CCc2c(c3cc(F)ccc3n2C=Cc2cccnc2)C1.